The minimum absolute atomic E-state index is 0.0966. The molecule has 196 valence electrons. The number of amides is 2. The van der Waals surface area contributed by atoms with Crippen molar-refractivity contribution >= 4 is 18.2 Å². The molecule has 3 N–H and O–H groups in total. The van der Waals surface area contributed by atoms with Crippen LogP contribution in [0.1, 0.15) is 39.3 Å². The number of hydrogen-bond acceptors (Lipinski definition) is 5. The van der Waals surface area contributed by atoms with Crippen molar-refractivity contribution in [1.82, 2.24) is 25.3 Å². The molecule has 2 aromatic carbocycles. The zero-order chi connectivity index (χ0) is 27.1. The molecule has 0 bridgehead atoms. The molecule has 2 aromatic heterocycles. The zero-order valence-electron chi connectivity index (χ0n) is 22.0. The highest BCUT2D eigenvalue weighted by Gasteiger charge is 2.22. The Labute approximate surface area is 222 Å². The summed E-state index contributed by atoms with van der Waals surface area (Å²) in [6.45, 7) is 8.32. The van der Waals surface area contributed by atoms with E-state index in [2.05, 4.69) is 62.4 Å². The Morgan fingerprint density at radius 1 is 1.08 bits per heavy atom. The van der Waals surface area contributed by atoms with Crippen LogP contribution in [0.3, 0.4) is 0 Å². The summed E-state index contributed by atoms with van der Waals surface area (Å²) in [4.78, 5) is 32.4. The van der Waals surface area contributed by atoms with Gasteiger partial charge in [-0.05, 0) is 62.6 Å². The normalized spacial score (nSPS) is 11.9. The Morgan fingerprint density at radius 3 is 2.58 bits per heavy atom. The van der Waals surface area contributed by atoms with Gasteiger partial charge in [-0.15, -0.1) is 0 Å². The third kappa shape index (κ3) is 6.56. The van der Waals surface area contributed by atoms with E-state index in [1.165, 1.54) is 17.5 Å². The molecule has 9 heteroatoms. The molecule has 38 heavy (non-hydrogen) atoms. The maximum absolute atomic E-state index is 13.0. The molecule has 1 atom stereocenters. The summed E-state index contributed by atoms with van der Waals surface area (Å²) in [6.07, 6.45) is 4.22. The third-order valence-corrected chi connectivity index (χ3v) is 6.40. The number of hydrazone groups is 1. The molecule has 0 radical (unpaired) electrons. The number of benzene rings is 2. The average Bonchev–Trinajstić information content (AvgIpc) is 3.52. The summed E-state index contributed by atoms with van der Waals surface area (Å²) in [7, 11) is 0. The minimum Gasteiger partial charge on any atom is -0.445 e. The van der Waals surface area contributed by atoms with Gasteiger partial charge >= 0.3 is 6.09 Å². The molecule has 9 nitrogen and oxygen atoms in total. The van der Waals surface area contributed by atoms with Crippen molar-refractivity contribution in [3.8, 4) is 5.69 Å². The highest BCUT2D eigenvalue weighted by Crippen LogP contribution is 2.21. The van der Waals surface area contributed by atoms with Crippen LogP contribution in [0.4, 0.5) is 4.79 Å². The lowest BCUT2D eigenvalue weighted by Gasteiger charge is -2.16. The molecule has 0 fully saturated rings. The molecule has 0 aliphatic heterocycles. The van der Waals surface area contributed by atoms with Crippen LogP contribution < -0.4 is 10.7 Å². The number of H-pyrrole nitrogens is 1. The van der Waals surface area contributed by atoms with E-state index in [-0.39, 0.29) is 13.0 Å². The largest absolute Gasteiger partial charge is 0.445 e. The van der Waals surface area contributed by atoms with E-state index >= 15 is 0 Å². The Balaban J connectivity index is 1.43. The second-order valence-corrected chi connectivity index (χ2v) is 9.20. The number of aryl methyl sites for hydroxylation is 3. The van der Waals surface area contributed by atoms with Crippen LogP contribution in [0.15, 0.2) is 72.2 Å². The monoisotopic (exact) mass is 512 g/mol. The number of rotatable bonds is 9. The van der Waals surface area contributed by atoms with Gasteiger partial charge < -0.3 is 19.6 Å². The Hall–Kier alpha value is -4.66. The lowest BCUT2D eigenvalue weighted by atomic mass is 10.1. The van der Waals surface area contributed by atoms with E-state index in [1.54, 1.807) is 12.4 Å². The quantitative estimate of drug-likeness (QED) is 0.228. The molecule has 2 heterocycles. The van der Waals surface area contributed by atoms with Crippen molar-refractivity contribution in [2.24, 2.45) is 5.10 Å². The van der Waals surface area contributed by atoms with Crippen LogP contribution in [-0.4, -0.2) is 38.8 Å². The molecule has 0 aliphatic rings. The number of alkyl carbamates (subject to hydrolysis) is 1. The molecule has 0 unspecified atom stereocenters. The van der Waals surface area contributed by atoms with Gasteiger partial charge in [-0.2, -0.15) is 5.10 Å². The van der Waals surface area contributed by atoms with Crippen LogP contribution >= 0.6 is 0 Å². The fourth-order valence-corrected chi connectivity index (χ4v) is 4.16. The van der Waals surface area contributed by atoms with Gasteiger partial charge in [-0.25, -0.2) is 15.2 Å². The molecular formula is C29H32N6O3. The maximum atomic E-state index is 13.0. The van der Waals surface area contributed by atoms with Crippen molar-refractivity contribution in [1.29, 1.82) is 0 Å². The van der Waals surface area contributed by atoms with Gasteiger partial charge in [0.1, 0.15) is 12.6 Å². The van der Waals surface area contributed by atoms with E-state index in [4.69, 9.17) is 4.74 Å². The van der Waals surface area contributed by atoms with Crippen molar-refractivity contribution < 1.29 is 14.3 Å². The van der Waals surface area contributed by atoms with Gasteiger partial charge in [-0.3, -0.25) is 4.79 Å². The summed E-state index contributed by atoms with van der Waals surface area (Å²) in [5.74, 6) is -0.476. The Kier molecular flexibility index (Phi) is 8.37. The fraction of sp³-hybridized carbons (Fsp3) is 0.241. The van der Waals surface area contributed by atoms with Crippen molar-refractivity contribution in [3.63, 3.8) is 0 Å². The maximum Gasteiger partial charge on any atom is 0.408 e. The molecule has 4 rings (SSSR count). The van der Waals surface area contributed by atoms with Gasteiger partial charge in [0.15, 0.2) is 0 Å². The van der Waals surface area contributed by atoms with Gasteiger partial charge in [0.25, 0.3) is 5.91 Å². The second-order valence-electron chi connectivity index (χ2n) is 9.20. The first-order valence-corrected chi connectivity index (χ1v) is 12.4. The van der Waals surface area contributed by atoms with E-state index in [9.17, 15) is 9.59 Å². The van der Waals surface area contributed by atoms with Crippen LogP contribution in [0.5, 0.6) is 0 Å². The number of nitrogens with one attached hydrogen (secondary N) is 3. The molecule has 0 saturated heterocycles. The number of aromatic nitrogens is 3. The average molecular weight is 513 g/mol. The third-order valence-electron chi connectivity index (χ3n) is 6.40. The fourth-order valence-electron chi connectivity index (χ4n) is 4.16. The topological polar surface area (TPSA) is 113 Å². The summed E-state index contributed by atoms with van der Waals surface area (Å²) in [6, 6.07) is 16.8. The minimum atomic E-state index is -0.918. The number of hydrogen-bond donors (Lipinski definition) is 3. The van der Waals surface area contributed by atoms with Gasteiger partial charge in [0, 0.05) is 41.0 Å². The summed E-state index contributed by atoms with van der Waals surface area (Å²) < 4.78 is 7.45. The summed E-state index contributed by atoms with van der Waals surface area (Å²) in [5, 5.41) is 6.81. The smallest absolute Gasteiger partial charge is 0.408 e. The van der Waals surface area contributed by atoms with Gasteiger partial charge in [-0.1, -0.05) is 36.4 Å². The molecule has 0 aliphatic carbocycles. The van der Waals surface area contributed by atoms with Crippen molar-refractivity contribution in [2.75, 3.05) is 0 Å². The zero-order valence-corrected chi connectivity index (χ0v) is 22.0. The van der Waals surface area contributed by atoms with Crippen LogP contribution in [0.25, 0.3) is 5.69 Å². The number of ether oxygens (including phenoxy) is 1. The standard InChI is InChI=1S/C29H32N6O3/c1-19-10-11-26(12-20(19)2)35-21(3)13-24(22(35)4)15-32-34-28(36)27(14-25-16-30-18-31-25)33-29(37)38-17-23-8-6-5-7-9-23/h5-13,15-16,18,27H,14,17H2,1-4H3,(H,30,31)(H,33,37)(H,34,36)/b32-15-/t27-/m0/s1. The molecule has 0 spiro atoms. The van der Waals surface area contributed by atoms with E-state index in [0.717, 1.165) is 28.2 Å². The number of aromatic amines is 1. The highest BCUT2D eigenvalue weighted by molar-refractivity contribution is 5.88. The molecule has 2 amide bonds. The molecular weight excluding hydrogens is 480 g/mol. The molecule has 4 aromatic rings. The van der Waals surface area contributed by atoms with Crippen molar-refractivity contribution in [3.05, 3.63) is 106 Å². The summed E-state index contributed by atoms with van der Waals surface area (Å²) >= 11 is 0. The SMILES string of the molecule is Cc1ccc(-n2c(C)cc(/C=N\NC(=O)[C@H](Cc3cnc[nH]3)NC(=O)OCc3ccccc3)c2C)cc1C. The van der Waals surface area contributed by atoms with Crippen molar-refractivity contribution in [2.45, 2.75) is 46.8 Å². The first kappa shape index (κ1) is 26.4. The number of imidazole rings is 1. The van der Waals surface area contributed by atoms with E-state index in [0.29, 0.717) is 5.69 Å². The Bertz CT molecular complexity index is 1420. The van der Waals surface area contributed by atoms with Gasteiger partial charge in [0.05, 0.1) is 12.5 Å². The first-order valence-electron chi connectivity index (χ1n) is 12.4. The second kappa shape index (κ2) is 12.1. The predicted molar refractivity (Wildman–Crippen MR) is 146 cm³/mol. The number of carbonyl (C=O) groups is 2. The first-order chi connectivity index (χ1) is 18.3. The van der Waals surface area contributed by atoms with E-state index < -0.39 is 18.0 Å². The number of carbonyl (C=O) groups excluding carboxylic acids is 2. The van der Waals surface area contributed by atoms with Gasteiger partial charge in [0.2, 0.25) is 0 Å². The molecule has 0 saturated carbocycles. The predicted octanol–water partition coefficient (Wildman–Crippen LogP) is 4.42. The Morgan fingerprint density at radius 2 is 1.87 bits per heavy atom. The van der Waals surface area contributed by atoms with E-state index in [1.807, 2.05) is 50.2 Å². The van der Waals surface area contributed by atoms with Crippen LogP contribution in [-0.2, 0) is 22.6 Å². The van der Waals surface area contributed by atoms with Crippen LogP contribution in [0, 0.1) is 27.7 Å². The summed E-state index contributed by atoms with van der Waals surface area (Å²) in [5.41, 5.74) is 10.5. The lowest BCUT2D eigenvalue weighted by molar-refractivity contribution is -0.123. The highest BCUT2D eigenvalue weighted by atomic mass is 16.5. The lowest BCUT2D eigenvalue weighted by Crippen LogP contribution is -2.47. The number of nitrogens with zero attached hydrogens (tertiary/aromatic N) is 3. The van der Waals surface area contributed by atoms with Crippen LogP contribution in [0.2, 0.25) is 0 Å².